The molecule has 0 amide bonds. The Labute approximate surface area is 201 Å². The van der Waals surface area contributed by atoms with Gasteiger partial charge in [0.2, 0.25) is 0 Å². The third-order valence-corrected chi connectivity index (χ3v) is 6.90. The van der Waals surface area contributed by atoms with Crippen molar-refractivity contribution in [2.45, 2.75) is 57.5 Å². The quantitative estimate of drug-likeness (QED) is 0.425. The van der Waals surface area contributed by atoms with E-state index in [0.717, 1.165) is 33.4 Å². The Bertz CT molecular complexity index is 1490. The fourth-order valence-corrected chi connectivity index (χ4v) is 5.14. The summed E-state index contributed by atoms with van der Waals surface area (Å²) in [6.07, 6.45) is 2.11. The summed E-state index contributed by atoms with van der Waals surface area (Å²) in [7, 11) is 0. The number of nitrogens with one attached hydrogen (secondary N) is 1. The molecule has 0 spiro atoms. The molecule has 9 heteroatoms. The number of carboxylic acid groups (broad SMARTS) is 1. The number of rotatable bonds is 5. The van der Waals surface area contributed by atoms with Gasteiger partial charge in [0.1, 0.15) is 5.82 Å². The van der Waals surface area contributed by atoms with Gasteiger partial charge in [-0.3, -0.25) is 5.10 Å². The van der Waals surface area contributed by atoms with Gasteiger partial charge in [0, 0.05) is 40.1 Å². The molecule has 1 aliphatic heterocycles. The van der Waals surface area contributed by atoms with Crippen molar-refractivity contribution in [2.24, 2.45) is 0 Å². The molecule has 4 heterocycles. The van der Waals surface area contributed by atoms with Gasteiger partial charge in [-0.15, -0.1) is 0 Å². The van der Waals surface area contributed by atoms with Crippen LogP contribution in [0.1, 0.15) is 55.8 Å². The molecule has 1 unspecified atom stereocenters. The molecular formula is C26H26FN5O3. The fourth-order valence-electron chi connectivity index (χ4n) is 5.14. The molecule has 1 aromatic carbocycles. The highest BCUT2D eigenvalue weighted by Crippen LogP contribution is 2.44. The van der Waals surface area contributed by atoms with Crippen LogP contribution in [-0.4, -0.2) is 43.5 Å². The van der Waals surface area contributed by atoms with Gasteiger partial charge in [-0.2, -0.15) is 10.4 Å². The number of benzene rings is 1. The topological polar surface area (TPSA) is 117 Å². The number of ether oxygens (including phenoxy) is 1. The maximum Gasteiger partial charge on any atom is 0.332 e. The molecule has 5 rings (SSSR count). The lowest BCUT2D eigenvalue weighted by atomic mass is 9.79. The second-order valence-electron chi connectivity index (χ2n) is 9.85. The molecule has 1 fully saturated rings. The number of pyridine rings is 1. The lowest BCUT2D eigenvalue weighted by Crippen LogP contribution is -2.32. The minimum atomic E-state index is -0.963. The predicted octanol–water partition coefficient (Wildman–Crippen LogP) is 4.89. The van der Waals surface area contributed by atoms with Crippen LogP contribution in [0.3, 0.4) is 0 Å². The summed E-state index contributed by atoms with van der Waals surface area (Å²) in [6, 6.07) is 9.28. The zero-order valence-electron chi connectivity index (χ0n) is 19.8. The standard InChI is InChI=1S/C26H26FN5O3/c1-14-10-17(5-6-18(14)27)32-19-11-16-12-29-31-24(16)30-22(19)21(23(32)26(2,3)8-9-28)15-4-7-20(25(33)34)35-13-15/h5-6,10-12,15,20H,4,7-8,13H2,1-3H3,(H,33,34)(H,29,30,31)/t15?,20-/m0/s1. The van der Waals surface area contributed by atoms with Crippen molar-refractivity contribution in [1.82, 2.24) is 19.7 Å². The van der Waals surface area contributed by atoms with Crippen LogP contribution in [-0.2, 0) is 14.9 Å². The third-order valence-electron chi connectivity index (χ3n) is 6.90. The summed E-state index contributed by atoms with van der Waals surface area (Å²) >= 11 is 0. The summed E-state index contributed by atoms with van der Waals surface area (Å²) in [5.74, 6) is -1.37. The molecule has 0 bridgehead atoms. The van der Waals surface area contributed by atoms with E-state index in [4.69, 9.17) is 9.72 Å². The van der Waals surface area contributed by atoms with E-state index in [9.17, 15) is 19.6 Å². The minimum Gasteiger partial charge on any atom is -0.479 e. The van der Waals surface area contributed by atoms with Crippen molar-refractivity contribution in [3.05, 3.63) is 53.1 Å². The van der Waals surface area contributed by atoms with E-state index in [1.54, 1.807) is 25.3 Å². The molecule has 1 aliphatic rings. The molecule has 3 aromatic heterocycles. The first kappa shape index (κ1) is 23.0. The number of hydrogen-bond acceptors (Lipinski definition) is 5. The summed E-state index contributed by atoms with van der Waals surface area (Å²) in [4.78, 5) is 16.4. The molecule has 8 nitrogen and oxygen atoms in total. The zero-order chi connectivity index (χ0) is 24.9. The molecule has 0 radical (unpaired) electrons. The van der Waals surface area contributed by atoms with Gasteiger partial charge in [0.05, 0.1) is 29.9 Å². The van der Waals surface area contributed by atoms with E-state index in [-0.39, 0.29) is 24.8 Å². The molecule has 1 saturated heterocycles. The smallest absolute Gasteiger partial charge is 0.332 e. The summed E-state index contributed by atoms with van der Waals surface area (Å²) < 4.78 is 22.0. The van der Waals surface area contributed by atoms with Crippen LogP contribution < -0.4 is 0 Å². The van der Waals surface area contributed by atoms with Gasteiger partial charge in [-0.1, -0.05) is 13.8 Å². The molecule has 4 aromatic rings. The zero-order valence-corrected chi connectivity index (χ0v) is 19.8. The maximum atomic E-state index is 14.2. The van der Waals surface area contributed by atoms with Gasteiger partial charge in [-0.25, -0.2) is 14.2 Å². The Kier molecular flexibility index (Phi) is 5.56. The van der Waals surface area contributed by atoms with Crippen molar-refractivity contribution in [3.8, 4) is 11.8 Å². The first-order valence-corrected chi connectivity index (χ1v) is 11.6. The van der Waals surface area contributed by atoms with E-state index in [2.05, 4.69) is 20.8 Å². The molecule has 0 aliphatic carbocycles. The lowest BCUT2D eigenvalue weighted by molar-refractivity contribution is -0.153. The number of aryl methyl sites for hydroxylation is 1. The highest BCUT2D eigenvalue weighted by molar-refractivity contribution is 5.94. The maximum absolute atomic E-state index is 14.2. The molecule has 2 N–H and O–H groups in total. The van der Waals surface area contributed by atoms with Crippen molar-refractivity contribution in [1.29, 1.82) is 5.26 Å². The monoisotopic (exact) mass is 475 g/mol. The molecule has 35 heavy (non-hydrogen) atoms. The number of nitrogens with zero attached hydrogens (tertiary/aromatic N) is 4. The van der Waals surface area contributed by atoms with E-state index < -0.39 is 17.5 Å². The van der Waals surface area contributed by atoms with E-state index in [1.165, 1.54) is 6.07 Å². The van der Waals surface area contributed by atoms with Crippen molar-refractivity contribution in [2.75, 3.05) is 6.61 Å². The lowest BCUT2D eigenvalue weighted by Gasteiger charge is -2.31. The largest absolute Gasteiger partial charge is 0.479 e. The average Bonchev–Trinajstić information content (AvgIpc) is 3.41. The molecule has 180 valence electrons. The van der Waals surface area contributed by atoms with Crippen LogP contribution in [0.2, 0.25) is 0 Å². The normalized spacial score (nSPS) is 18.7. The van der Waals surface area contributed by atoms with Gasteiger partial charge in [0.15, 0.2) is 11.8 Å². The van der Waals surface area contributed by atoms with Gasteiger partial charge in [-0.05, 0) is 49.6 Å². The number of carbonyl (C=O) groups is 1. The van der Waals surface area contributed by atoms with Crippen molar-refractivity contribution < 1.29 is 19.0 Å². The van der Waals surface area contributed by atoms with E-state index in [1.807, 2.05) is 19.9 Å². The molecule has 2 atom stereocenters. The average molecular weight is 476 g/mol. The van der Waals surface area contributed by atoms with Crippen LogP contribution >= 0.6 is 0 Å². The first-order valence-electron chi connectivity index (χ1n) is 11.6. The Hall–Kier alpha value is -3.77. The number of carboxylic acids is 1. The van der Waals surface area contributed by atoms with Gasteiger partial charge in [0.25, 0.3) is 0 Å². The fraction of sp³-hybridized carbons (Fsp3) is 0.385. The minimum absolute atomic E-state index is 0.114. The van der Waals surface area contributed by atoms with Crippen molar-refractivity contribution >= 4 is 28.0 Å². The number of H-pyrrole nitrogens is 1. The number of halogens is 1. The molecule has 0 saturated carbocycles. The van der Waals surface area contributed by atoms with E-state index in [0.29, 0.717) is 24.1 Å². The van der Waals surface area contributed by atoms with Gasteiger partial charge >= 0.3 is 5.97 Å². The SMILES string of the molecule is Cc1cc(-n2c(C(C)(C)CC#N)c(C3CC[C@@H](C(=O)O)OC3)c3nc4[nH]ncc4cc32)ccc1F. The summed E-state index contributed by atoms with van der Waals surface area (Å²) in [5.41, 5.74) is 4.73. The number of aromatic nitrogens is 4. The second kappa shape index (κ2) is 8.47. The third kappa shape index (κ3) is 3.84. The Morgan fingerprint density at radius 2 is 2.17 bits per heavy atom. The number of hydrogen-bond donors (Lipinski definition) is 2. The van der Waals surface area contributed by atoms with E-state index >= 15 is 0 Å². The highest BCUT2D eigenvalue weighted by Gasteiger charge is 2.37. The first-order chi connectivity index (χ1) is 16.7. The van der Waals surface area contributed by atoms with Gasteiger partial charge < -0.3 is 14.4 Å². The Morgan fingerprint density at radius 1 is 1.37 bits per heavy atom. The Balaban J connectivity index is 1.84. The van der Waals surface area contributed by atoms with Crippen LogP contribution in [0.4, 0.5) is 4.39 Å². The number of aromatic amines is 1. The van der Waals surface area contributed by atoms with Crippen LogP contribution in [0.25, 0.3) is 27.8 Å². The summed E-state index contributed by atoms with van der Waals surface area (Å²) in [6.45, 7) is 5.98. The number of aliphatic carboxylic acids is 1. The number of fused-ring (bicyclic) bond motifs is 2. The summed E-state index contributed by atoms with van der Waals surface area (Å²) in [5, 5.41) is 27.0. The number of nitriles is 1. The van der Waals surface area contributed by atoms with Crippen LogP contribution in [0.15, 0.2) is 30.5 Å². The van der Waals surface area contributed by atoms with Crippen LogP contribution in [0.5, 0.6) is 0 Å². The predicted molar refractivity (Wildman–Crippen MR) is 128 cm³/mol. The highest BCUT2D eigenvalue weighted by atomic mass is 19.1. The Morgan fingerprint density at radius 3 is 2.83 bits per heavy atom. The second-order valence-corrected chi connectivity index (χ2v) is 9.85. The van der Waals surface area contributed by atoms with Crippen molar-refractivity contribution in [3.63, 3.8) is 0 Å². The van der Waals surface area contributed by atoms with Crippen LogP contribution in [0, 0.1) is 24.1 Å². The molecular weight excluding hydrogens is 449 g/mol.